The molecule has 1 heterocycles. The minimum absolute atomic E-state index is 0.202. The van der Waals surface area contributed by atoms with Crippen molar-refractivity contribution in [3.63, 3.8) is 0 Å². The molecule has 90 valence electrons. The van der Waals surface area contributed by atoms with Crippen LogP contribution in [0.2, 0.25) is 5.02 Å². The molecule has 1 unspecified atom stereocenters. The summed E-state index contributed by atoms with van der Waals surface area (Å²) in [5.41, 5.74) is 8.84. The number of benzene rings is 1. The molecule has 0 spiro atoms. The van der Waals surface area contributed by atoms with Crippen LogP contribution in [0.25, 0.3) is 10.9 Å². The van der Waals surface area contributed by atoms with E-state index in [2.05, 4.69) is 29.7 Å². The van der Waals surface area contributed by atoms with Crippen molar-refractivity contribution in [2.75, 3.05) is 0 Å². The topological polar surface area (TPSA) is 30.9 Å². The van der Waals surface area contributed by atoms with Gasteiger partial charge in [0.15, 0.2) is 0 Å². The molecule has 0 radical (unpaired) electrons. The highest BCUT2D eigenvalue weighted by atomic mass is 35.5. The van der Waals surface area contributed by atoms with Crippen molar-refractivity contribution < 1.29 is 0 Å². The third-order valence-electron chi connectivity index (χ3n) is 4.18. The van der Waals surface area contributed by atoms with Crippen LogP contribution in [0.15, 0.2) is 24.4 Å². The maximum atomic E-state index is 6.25. The molecule has 0 bridgehead atoms. The highest BCUT2D eigenvalue weighted by Crippen LogP contribution is 2.51. The fourth-order valence-corrected chi connectivity index (χ4v) is 3.09. The average molecular weight is 249 g/mol. The molecule has 1 saturated carbocycles. The summed E-state index contributed by atoms with van der Waals surface area (Å²) < 4.78 is 2.06. The van der Waals surface area contributed by atoms with E-state index in [0.717, 1.165) is 10.4 Å². The zero-order valence-corrected chi connectivity index (χ0v) is 11.0. The quantitative estimate of drug-likeness (QED) is 0.869. The molecule has 2 N–H and O–H groups in total. The van der Waals surface area contributed by atoms with Gasteiger partial charge in [0, 0.05) is 35.6 Å². The van der Waals surface area contributed by atoms with Gasteiger partial charge in [-0.2, -0.15) is 0 Å². The number of nitrogens with two attached hydrogens (primary N) is 1. The number of rotatable bonds is 2. The molecular weight excluding hydrogens is 232 g/mol. The van der Waals surface area contributed by atoms with Gasteiger partial charge in [0.25, 0.3) is 0 Å². The fourth-order valence-electron chi connectivity index (χ4n) is 2.80. The zero-order chi connectivity index (χ0) is 12.2. The van der Waals surface area contributed by atoms with E-state index in [-0.39, 0.29) is 11.5 Å². The summed E-state index contributed by atoms with van der Waals surface area (Å²) in [6, 6.07) is 6.78. The third-order valence-corrected chi connectivity index (χ3v) is 4.48. The van der Waals surface area contributed by atoms with E-state index < -0.39 is 0 Å². The first-order valence-electron chi connectivity index (χ1n) is 6.05. The van der Waals surface area contributed by atoms with Gasteiger partial charge in [-0.25, -0.2) is 0 Å². The second kappa shape index (κ2) is 3.50. The summed E-state index contributed by atoms with van der Waals surface area (Å²) >= 11 is 6.25. The first kappa shape index (κ1) is 11.1. The van der Waals surface area contributed by atoms with Crippen LogP contribution < -0.4 is 5.73 Å². The van der Waals surface area contributed by atoms with Crippen LogP contribution >= 0.6 is 11.6 Å². The summed E-state index contributed by atoms with van der Waals surface area (Å²) in [6.07, 6.45) is 4.35. The third kappa shape index (κ3) is 1.51. The number of halogens is 1. The van der Waals surface area contributed by atoms with E-state index in [1.807, 2.05) is 13.2 Å². The van der Waals surface area contributed by atoms with Crippen molar-refractivity contribution in [1.29, 1.82) is 0 Å². The number of nitrogens with zero attached hydrogens (tertiary/aromatic N) is 1. The highest BCUT2D eigenvalue weighted by molar-refractivity contribution is 6.35. The maximum Gasteiger partial charge on any atom is 0.0661 e. The van der Waals surface area contributed by atoms with Crippen LogP contribution in [-0.4, -0.2) is 10.6 Å². The van der Waals surface area contributed by atoms with Crippen LogP contribution in [0.3, 0.4) is 0 Å². The predicted molar refractivity (Wildman–Crippen MR) is 72.5 cm³/mol. The van der Waals surface area contributed by atoms with Crippen molar-refractivity contribution in [1.82, 2.24) is 4.57 Å². The molecule has 1 aliphatic rings. The van der Waals surface area contributed by atoms with Crippen molar-refractivity contribution in [2.24, 2.45) is 12.8 Å². The summed E-state index contributed by atoms with van der Waals surface area (Å²) in [4.78, 5) is 0. The monoisotopic (exact) mass is 248 g/mol. The van der Waals surface area contributed by atoms with Crippen LogP contribution in [0.5, 0.6) is 0 Å². The molecule has 3 heteroatoms. The highest BCUT2D eigenvalue weighted by Gasteiger charge is 2.47. The number of hydrogen-bond donors (Lipinski definition) is 1. The van der Waals surface area contributed by atoms with Gasteiger partial charge >= 0.3 is 0 Å². The van der Waals surface area contributed by atoms with E-state index in [4.69, 9.17) is 17.3 Å². The zero-order valence-electron chi connectivity index (χ0n) is 10.2. The Morgan fingerprint density at radius 3 is 2.71 bits per heavy atom. The SMILES string of the molecule is CC(N)C1(c2ccc3c(c2)c(Cl)cn3C)CC1. The lowest BCUT2D eigenvalue weighted by Gasteiger charge is -2.20. The number of aryl methyl sites for hydroxylation is 1. The first-order chi connectivity index (χ1) is 8.04. The number of hydrogen-bond acceptors (Lipinski definition) is 1. The Balaban J connectivity index is 2.17. The molecule has 1 aromatic heterocycles. The number of aromatic nitrogens is 1. The van der Waals surface area contributed by atoms with Crippen molar-refractivity contribution in [2.45, 2.75) is 31.2 Å². The van der Waals surface area contributed by atoms with Gasteiger partial charge in [0.1, 0.15) is 0 Å². The molecule has 0 amide bonds. The summed E-state index contributed by atoms with van der Waals surface area (Å²) in [5.74, 6) is 0. The lowest BCUT2D eigenvalue weighted by atomic mass is 9.89. The van der Waals surface area contributed by atoms with Crippen molar-refractivity contribution >= 4 is 22.5 Å². The molecule has 2 aromatic rings. The molecule has 0 aliphatic heterocycles. The van der Waals surface area contributed by atoms with E-state index >= 15 is 0 Å². The van der Waals surface area contributed by atoms with E-state index in [1.165, 1.54) is 23.9 Å². The Labute approximate surface area is 106 Å². The van der Waals surface area contributed by atoms with Crippen LogP contribution in [0, 0.1) is 0 Å². The van der Waals surface area contributed by atoms with Crippen LogP contribution in [0.4, 0.5) is 0 Å². The smallest absolute Gasteiger partial charge is 0.0661 e. The van der Waals surface area contributed by atoms with Crippen LogP contribution in [-0.2, 0) is 12.5 Å². The minimum Gasteiger partial charge on any atom is -0.349 e. The van der Waals surface area contributed by atoms with Gasteiger partial charge in [0.05, 0.1) is 5.02 Å². The summed E-state index contributed by atoms with van der Waals surface area (Å²) in [5, 5.41) is 1.96. The Bertz CT molecular complexity index is 579. The Morgan fingerprint density at radius 2 is 2.12 bits per heavy atom. The molecule has 3 rings (SSSR count). The van der Waals surface area contributed by atoms with Gasteiger partial charge in [-0.05, 0) is 37.5 Å². The first-order valence-corrected chi connectivity index (χ1v) is 6.43. The molecule has 0 saturated heterocycles. The van der Waals surface area contributed by atoms with Gasteiger partial charge in [-0.1, -0.05) is 17.7 Å². The van der Waals surface area contributed by atoms with Gasteiger partial charge in [-0.15, -0.1) is 0 Å². The van der Waals surface area contributed by atoms with Crippen molar-refractivity contribution in [3.8, 4) is 0 Å². The van der Waals surface area contributed by atoms with E-state index in [0.29, 0.717) is 0 Å². The molecule has 1 aromatic carbocycles. The maximum absolute atomic E-state index is 6.25. The normalized spacial score (nSPS) is 19.5. The Morgan fingerprint density at radius 1 is 1.41 bits per heavy atom. The second-order valence-electron chi connectivity index (χ2n) is 5.26. The van der Waals surface area contributed by atoms with E-state index in [1.54, 1.807) is 0 Å². The molecule has 1 fully saturated rings. The van der Waals surface area contributed by atoms with Gasteiger partial charge in [-0.3, -0.25) is 0 Å². The fraction of sp³-hybridized carbons (Fsp3) is 0.429. The lowest BCUT2D eigenvalue weighted by Crippen LogP contribution is -2.31. The van der Waals surface area contributed by atoms with Crippen LogP contribution in [0.1, 0.15) is 25.3 Å². The molecule has 17 heavy (non-hydrogen) atoms. The second-order valence-corrected chi connectivity index (χ2v) is 5.67. The summed E-state index contributed by atoms with van der Waals surface area (Å²) in [7, 11) is 2.02. The molecule has 1 aliphatic carbocycles. The predicted octanol–water partition coefficient (Wildman–Crippen LogP) is 3.21. The van der Waals surface area contributed by atoms with Crippen molar-refractivity contribution in [3.05, 3.63) is 35.0 Å². The lowest BCUT2D eigenvalue weighted by molar-refractivity contribution is 0.557. The van der Waals surface area contributed by atoms with Gasteiger partial charge < -0.3 is 10.3 Å². The Kier molecular flexibility index (Phi) is 2.29. The molecular formula is C14H17ClN2. The summed E-state index contributed by atoms with van der Waals surface area (Å²) in [6.45, 7) is 2.10. The number of fused-ring (bicyclic) bond motifs is 1. The largest absolute Gasteiger partial charge is 0.349 e. The molecule has 2 nitrogen and oxygen atoms in total. The standard InChI is InChI=1S/C14H17ClN2/c1-9(16)14(5-6-14)10-3-4-13-11(7-10)12(15)8-17(13)2/h3-4,7-9H,5-6,16H2,1-2H3. The Hall–Kier alpha value is -0.990. The minimum atomic E-state index is 0.202. The molecule has 1 atom stereocenters. The van der Waals surface area contributed by atoms with Gasteiger partial charge in [0.2, 0.25) is 0 Å². The average Bonchev–Trinajstić information content (AvgIpc) is 3.04. The van der Waals surface area contributed by atoms with E-state index in [9.17, 15) is 0 Å².